The van der Waals surface area contributed by atoms with Crippen LogP contribution >= 0.6 is 0 Å². The van der Waals surface area contributed by atoms with Gasteiger partial charge in [-0.05, 0) is 50.9 Å². The lowest BCUT2D eigenvalue weighted by Crippen LogP contribution is -2.34. The van der Waals surface area contributed by atoms with Crippen LogP contribution in [0.2, 0.25) is 0 Å². The second kappa shape index (κ2) is 5.23. The van der Waals surface area contributed by atoms with Crippen LogP contribution in [-0.2, 0) is 10.0 Å². The molecule has 2 N–H and O–H groups in total. The van der Waals surface area contributed by atoms with Crippen LogP contribution < -0.4 is 10.0 Å². The van der Waals surface area contributed by atoms with Gasteiger partial charge in [0.05, 0.1) is 4.90 Å². The molecule has 1 saturated carbocycles. The highest BCUT2D eigenvalue weighted by atomic mass is 32.2. The second-order valence-electron chi connectivity index (χ2n) is 5.52. The SMILES string of the molecule is CCNC(C)c1cccc(S(=O)(=O)NC2(C)CC2)c1. The molecule has 1 aliphatic rings. The van der Waals surface area contributed by atoms with Gasteiger partial charge in [0.15, 0.2) is 0 Å². The number of sulfonamides is 1. The van der Waals surface area contributed by atoms with Crippen LogP contribution in [0.3, 0.4) is 0 Å². The average molecular weight is 282 g/mol. The van der Waals surface area contributed by atoms with Crippen LogP contribution in [0.5, 0.6) is 0 Å². The van der Waals surface area contributed by atoms with Gasteiger partial charge in [-0.2, -0.15) is 0 Å². The van der Waals surface area contributed by atoms with Gasteiger partial charge in [0.25, 0.3) is 0 Å². The van der Waals surface area contributed by atoms with Gasteiger partial charge in [-0.15, -0.1) is 0 Å². The maximum absolute atomic E-state index is 12.3. The number of rotatable bonds is 6. The minimum absolute atomic E-state index is 0.150. The lowest BCUT2D eigenvalue weighted by atomic mass is 10.1. The van der Waals surface area contributed by atoms with Gasteiger partial charge in [0.1, 0.15) is 0 Å². The van der Waals surface area contributed by atoms with Gasteiger partial charge >= 0.3 is 0 Å². The van der Waals surface area contributed by atoms with Crippen molar-refractivity contribution in [3.8, 4) is 0 Å². The van der Waals surface area contributed by atoms with E-state index in [1.54, 1.807) is 18.2 Å². The summed E-state index contributed by atoms with van der Waals surface area (Å²) in [4.78, 5) is 0.350. The Morgan fingerprint density at radius 2 is 2.05 bits per heavy atom. The van der Waals surface area contributed by atoms with E-state index in [0.717, 1.165) is 24.9 Å². The van der Waals surface area contributed by atoms with E-state index in [2.05, 4.69) is 10.0 Å². The Balaban J connectivity index is 2.22. The van der Waals surface area contributed by atoms with E-state index in [0.29, 0.717) is 4.90 Å². The molecule has 106 valence electrons. The van der Waals surface area contributed by atoms with Gasteiger partial charge in [-0.3, -0.25) is 0 Å². The number of benzene rings is 1. The zero-order valence-corrected chi connectivity index (χ0v) is 12.5. The van der Waals surface area contributed by atoms with Crippen molar-refractivity contribution in [2.24, 2.45) is 0 Å². The van der Waals surface area contributed by atoms with Crippen molar-refractivity contribution >= 4 is 10.0 Å². The van der Waals surface area contributed by atoms with E-state index in [9.17, 15) is 8.42 Å². The molecule has 0 aromatic heterocycles. The van der Waals surface area contributed by atoms with Gasteiger partial charge in [-0.1, -0.05) is 19.1 Å². The van der Waals surface area contributed by atoms with Crippen molar-refractivity contribution in [3.05, 3.63) is 29.8 Å². The summed E-state index contributed by atoms with van der Waals surface area (Å²) in [5, 5.41) is 3.29. The fraction of sp³-hybridized carbons (Fsp3) is 0.571. The van der Waals surface area contributed by atoms with Crippen LogP contribution in [-0.4, -0.2) is 20.5 Å². The maximum Gasteiger partial charge on any atom is 0.241 e. The first-order chi connectivity index (χ1) is 8.86. The monoisotopic (exact) mass is 282 g/mol. The molecule has 0 amide bonds. The fourth-order valence-corrected chi connectivity index (χ4v) is 3.57. The third-order valence-corrected chi connectivity index (χ3v) is 5.20. The predicted octanol–water partition coefficient (Wildman–Crippen LogP) is 2.19. The molecule has 1 atom stereocenters. The largest absolute Gasteiger partial charge is 0.310 e. The van der Waals surface area contributed by atoms with Gasteiger partial charge < -0.3 is 5.32 Å². The summed E-state index contributed by atoms with van der Waals surface area (Å²) < 4.78 is 27.4. The quantitative estimate of drug-likeness (QED) is 0.841. The lowest BCUT2D eigenvalue weighted by Gasteiger charge is -2.16. The molecule has 19 heavy (non-hydrogen) atoms. The van der Waals surface area contributed by atoms with Crippen LogP contribution in [0.4, 0.5) is 0 Å². The summed E-state index contributed by atoms with van der Waals surface area (Å²) in [5.41, 5.74) is 0.757. The van der Waals surface area contributed by atoms with Crippen LogP contribution in [0.25, 0.3) is 0 Å². The standard InChI is InChI=1S/C14H22N2O2S/c1-4-15-11(2)12-6-5-7-13(10-12)19(17,18)16-14(3)8-9-14/h5-7,10-11,15-16H,4,8-9H2,1-3H3. The molecule has 2 rings (SSSR count). The molecule has 4 nitrogen and oxygen atoms in total. The molecule has 0 heterocycles. The predicted molar refractivity (Wildman–Crippen MR) is 76.5 cm³/mol. The maximum atomic E-state index is 12.3. The van der Waals surface area contributed by atoms with Crippen LogP contribution in [0.15, 0.2) is 29.2 Å². The zero-order valence-electron chi connectivity index (χ0n) is 11.7. The molecular weight excluding hydrogens is 260 g/mol. The molecule has 0 aliphatic heterocycles. The van der Waals surface area contributed by atoms with E-state index >= 15 is 0 Å². The molecular formula is C14H22N2O2S. The summed E-state index contributed by atoms with van der Waals surface area (Å²) in [7, 11) is -3.40. The molecule has 1 aliphatic carbocycles. The first-order valence-electron chi connectivity index (χ1n) is 6.74. The molecule has 0 radical (unpaired) electrons. The second-order valence-corrected chi connectivity index (χ2v) is 7.20. The Morgan fingerprint density at radius 1 is 1.37 bits per heavy atom. The molecule has 1 aromatic carbocycles. The molecule has 1 aromatic rings. The van der Waals surface area contributed by atoms with E-state index in [4.69, 9.17) is 0 Å². The minimum Gasteiger partial charge on any atom is -0.310 e. The molecule has 0 bridgehead atoms. The van der Waals surface area contributed by atoms with Crippen molar-refractivity contribution in [3.63, 3.8) is 0 Å². The van der Waals surface area contributed by atoms with E-state index in [1.165, 1.54) is 0 Å². The van der Waals surface area contributed by atoms with Crippen molar-refractivity contribution in [1.82, 2.24) is 10.0 Å². The van der Waals surface area contributed by atoms with Gasteiger partial charge in [0, 0.05) is 11.6 Å². The Bertz CT molecular complexity index is 550. The Kier molecular flexibility index (Phi) is 3.99. The number of hydrogen-bond donors (Lipinski definition) is 2. The van der Waals surface area contributed by atoms with Gasteiger partial charge in [-0.25, -0.2) is 13.1 Å². The molecule has 1 fully saturated rings. The van der Waals surface area contributed by atoms with Crippen molar-refractivity contribution in [2.75, 3.05) is 6.54 Å². The number of nitrogens with one attached hydrogen (secondary N) is 2. The van der Waals surface area contributed by atoms with Crippen molar-refractivity contribution < 1.29 is 8.42 Å². The molecule has 0 saturated heterocycles. The fourth-order valence-electron chi connectivity index (χ4n) is 2.05. The number of hydrogen-bond acceptors (Lipinski definition) is 3. The third-order valence-electron chi connectivity index (χ3n) is 3.56. The smallest absolute Gasteiger partial charge is 0.241 e. The normalized spacial score (nSPS) is 19.1. The topological polar surface area (TPSA) is 58.2 Å². The molecule has 1 unspecified atom stereocenters. The summed E-state index contributed by atoms with van der Waals surface area (Å²) in [5.74, 6) is 0. The molecule has 5 heteroatoms. The highest BCUT2D eigenvalue weighted by molar-refractivity contribution is 7.89. The Hall–Kier alpha value is -0.910. The average Bonchev–Trinajstić information content (AvgIpc) is 3.06. The summed E-state index contributed by atoms with van der Waals surface area (Å²) in [6, 6.07) is 7.30. The first-order valence-corrected chi connectivity index (χ1v) is 8.22. The van der Waals surface area contributed by atoms with Crippen LogP contribution in [0.1, 0.15) is 45.2 Å². The van der Waals surface area contributed by atoms with Gasteiger partial charge in [0.2, 0.25) is 10.0 Å². The minimum atomic E-state index is -3.40. The lowest BCUT2D eigenvalue weighted by molar-refractivity contribution is 0.557. The van der Waals surface area contributed by atoms with Crippen molar-refractivity contribution in [1.29, 1.82) is 0 Å². The summed E-state index contributed by atoms with van der Waals surface area (Å²) in [6.45, 7) is 6.86. The summed E-state index contributed by atoms with van der Waals surface area (Å²) in [6.07, 6.45) is 1.83. The summed E-state index contributed by atoms with van der Waals surface area (Å²) >= 11 is 0. The Labute approximate surface area is 115 Å². The highest BCUT2D eigenvalue weighted by Crippen LogP contribution is 2.36. The first kappa shape index (κ1) is 14.5. The van der Waals surface area contributed by atoms with E-state index in [1.807, 2.05) is 26.8 Å². The Morgan fingerprint density at radius 3 is 2.63 bits per heavy atom. The molecule has 0 spiro atoms. The van der Waals surface area contributed by atoms with E-state index < -0.39 is 10.0 Å². The highest BCUT2D eigenvalue weighted by Gasteiger charge is 2.41. The van der Waals surface area contributed by atoms with Crippen molar-refractivity contribution in [2.45, 2.75) is 50.1 Å². The third kappa shape index (κ3) is 3.55. The zero-order chi connectivity index (χ0) is 14.1. The van der Waals surface area contributed by atoms with Crippen LogP contribution in [0, 0.1) is 0 Å². The van der Waals surface area contributed by atoms with E-state index in [-0.39, 0.29) is 11.6 Å².